The van der Waals surface area contributed by atoms with Crippen molar-refractivity contribution >= 4 is 27.4 Å². The van der Waals surface area contributed by atoms with Gasteiger partial charge in [0.2, 0.25) is 5.89 Å². The molecule has 0 spiro atoms. The molecule has 0 aliphatic rings. The van der Waals surface area contributed by atoms with Crippen molar-refractivity contribution in [2.45, 2.75) is 11.8 Å². The van der Waals surface area contributed by atoms with Crippen LogP contribution in [0.25, 0.3) is 11.5 Å². The Kier molecular flexibility index (Phi) is 3.67. The van der Waals surface area contributed by atoms with Crippen molar-refractivity contribution < 1.29 is 17.2 Å². The molecule has 0 atom stereocenters. The highest BCUT2D eigenvalue weighted by Crippen LogP contribution is 2.25. The standard InChI is InChI=1S/C13H10FN3O3S2/c1-8-2-3-9(14)6-11(8)12-15-16-13(20-12)17-22(18,19)10-4-5-21-7-10/h2-7H,1H3,(H,16,17). The summed E-state index contributed by atoms with van der Waals surface area (Å²) >= 11 is 1.26. The average molecular weight is 339 g/mol. The first-order valence-corrected chi connectivity index (χ1v) is 8.53. The number of anilines is 1. The molecule has 1 N–H and O–H groups in total. The zero-order valence-electron chi connectivity index (χ0n) is 11.3. The number of sulfonamides is 1. The molecule has 0 aliphatic carbocycles. The molecule has 0 radical (unpaired) electrons. The molecule has 0 aliphatic heterocycles. The molecular formula is C13H10FN3O3S2. The van der Waals surface area contributed by atoms with Gasteiger partial charge < -0.3 is 4.42 Å². The van der Waals surface area contributed by atoms with Crippen molar-refractivity contribution in [1.29, 1.82) is 0 Å². The maximum absolute atomic E-state index is 13.3. The molecule has 0 saturated heterocycles. The number of rotatable bonds is 4. The smallest absolute Gasteiger partial charge is 0.330 e. The Balaban J connectivity index is 1.90. The third kappa shape index (κ3) is 2.85. The van der Waals surface area contributed by atoms with Crippen LogP contribution in [-0.2, 0) is 10.0 Å². The van der Waals surface area contributed by atoms with E-state index in [2.05, 4.69) is 14.9 Å². The van der Waals surface area contributed by atoms with Crippen molar-refractivity contribution in [3.05, 3.63) is 46.4 Å². The molecule has 2 heterocycles. The average Bonchev–Trinajstić information content (AvgIpc) is 3.12. The molecular weight excluding hydrogens is 329 g/mol. The van der Waals surface area contributed by atoms with Crippen LogP contribution >= 0.6 is 11.3 Å². The molecule has 114 valence electrons. The Morgan fingerprint density at radius 2 is 2.09 bits per heavy atom. The minimum atomic E-state index is -3.77. The largest absolute Gasteiger partial charge is 0.403 e. The molecule has 1 aromatic carbocycles. The number of nitrogens with one attached hydrogen (secondary N) is 1. The van der Waals surface area contributed by atoms with Crippen molar-refractivity contribution in [3.8, 4) is 11.5 Å². The van der Waals surface area contributed by atoms with Crippen LogP contribution in [0.3, 0.4) is 0 Å². The van der Waals surface area contributed by atoms with Crippen LogP contribution in [0, 0.1) is 12.7 Å². The molecule has 0 saturated carbocycles. The van der Waals surface area contributed by atoms with Gasteiger partial charge in [0.25, 0.3) is 10.0 Å². The van der Waals surface area contributed by atoms with Gasteiger partial charge in [-0.1, -0.05) is 11.2 Å². The number of halogens is 1. The van der Waals surface area contributed by atoms with Gasteiger partial charge in [-0.3, -0.25) is 0 Å². The van der Waals surface area contributed by atoms with E-state index in [1.54, 1.807) is 18.4 Å². The maximum atomic E-state index is 13.3. The van der Waals surface area contributed by atoms with Gasteiger partial charge in [-0.05, 0) is 36.1 Å². The van der Waals surface area contributed by atoms with Gasteiger partial charge in [0.1, 0.15) is 5.82 Å². The topological polar surface area (TPSA) is 85.1 Å². The number of hydrogen-bond acceptors (Lipinski definition) is 6. The highest BCUT2D eigenvalue weighted by molar-refractivity contribution is 7.92. The fraction of sp³-hybridized carbons (Fsp3) is 0.0769. The first-order chi connectivity index (χ1) is 10.5. The SMILES string of the molecule is Cc1ccc(F)cc1-c1nnc(NS(=O)(=O)c2ccsc2)o1. The normalized spacial score (nSPS) is 11.5. The third-order valence-corrected chi connectivity index (χ3v) is 5.03. The second kappa shape index (κ2) is 5.50. The summed E-state index contributed by atoms with van der Waals surface area (Å²) in [5.41, 5.74) is 1.14. The van der Waals surface area contributed by atoms with Gasteiger partial charge >= 0.3 is 6.01 Å². The minimum absolute atomic E-state index is 0.0417. The maximum Gasteiger partial charge on any atom is 0.330 e. The van der Waals surface area contributed by atoms with E-state index < -0.39 is 15.8 Å². The lowest BCUT2D eigenvalue weighted by Gasteiger charge is -2.01. The lowest BCUT2D eigenvalue weighted by molar-refractivity contribution is 0.575. The highest BCUT2D eigenvalue weighted by Gasteiger charge is 2.19. The van der Waals surface area contributed by atoms with E-state index in [1.807, 2.05) is 0 Å². The van der Waals surface area contributed by atoms with Crippen LogP contribution in [0.1, 0.15) is 5.56 Å². The summed E-state index contributed by atoms with van der Waals surface area (Å²) in [6, 6.07) is 5.32. The molecule has 3 rings (SSSR count). The van der Waals surface area contributed by atoms with E-state index >= 15 is 0 Å². The molecule has 0 amide bonds. The van der Waals surface area contributed by atoms with Gasteiger partial charge in [0.05, 0.1) is 4.90 Å². The zero-order valence-corrected chi connectivity index (χ0v) is 12.9. The number of aryl methyl sites for hydroxylation is 1. The van der Waals surface area contributed by atoms with Gasteiger partial charge in [-0.2, -0.15) is 11.3 Å². The van der Waals surface area contributed by atoms with E-state index in [1.165, 1.54) is 34.9 Å². The predicted molar refractivity (Wildman–Crippen MR) is 79.6 cm³/mol. The lowest BCUT2D eigenvalue weighted by atomic mass is 10.1. The van der Waals surface area contributed by atoms with E-state index in [0.29, 0.717) is 5.56 Å². The number of benzene rings is 1. The molecule has 0 bridgehead atoms. The Labute approximate surface area is 129 Å². The fourth-order valence-electron chi connectivity index (χ4n) is 1.78. The van der Waals surface area contributed by atoms with E-state index in [-0.39, 0.29) is 16.8 Å². The summed E-state index contributed by atoms with van der Waals surface area (Å²) in [6.07, 6.45) is 0. The Bertz CT molecular complexity index is 905. The Morgan fingerprint density at radius 1 is 1.27 bits per heavy atom. The minimum Gasteiger partial charge on any atom is -0.403 e. The molecule has 6 nitrogen and oxygen atoms in total. The van der Waals surface area contributed by atoms with Crippen LogP contribution in [-0.4, -0.2) is 18.6 Å². The predicted octanol–water partition coefficient (Wildman–Crippen LogP) is 3.05. The molecule has 22 heavy (non-hydrogen) atoms. The van der Waals surface area contributed by atoms with Gasteiger partial charge in [0, 0.05) is 10.9 Å². The summed E-state index contributed by atoms with van der Waals surface area (Å²) in [7, 11) is -3.77. The highest BCUT2D eigenvalue weighted by atomic mass is 32.2. The van der Waals surface area contributed by atoms with Crippen LogP contribution in [0.15, 0.2) is 44.3 Å². The monoisotopic (exact) mass is 339 g/mol. The second-order valence-electron chi connectivity index (χ2n) is 4.44. The lowest BCUT2D eigenvalue weighted by Crippen LogP contribution is -2.12. The number of nitrogens with zero attached hydrogens (tertiary/aromatic N) is 2. The summed E-state index contributed by atoms with van der Waals surface area (Å²) in [4.78, 5) is 0.110. The van der Waals surface area contributed by atoms with E-state index in [4.69, 9.17) is 4.42 Å². The van der Waals surface area contributed by atoms with Crippen molar-refractivity contribution in [2.24, 2.45) is 0 Å². The van der Waals surface area contributed by atoms with Crippen LogP contribution in [0.4, 0.5) is 10.4 Å². The fourth-order valence-corrected chi connectivity index (χ4v) is 3.73. The number of thiophene rings is 1. The van der Waals surface area contributed by atoms with E-state index in [0.717, 1.165) is 5.56 Å². The molecule has 0 fully saturated rings. The molecule has 2 aromatic heterocycles. The third-order valence-electron chi connectivity index (χ3n) is 2.88. The molecule has 9 heteroatoms. The Morgan fingerprint density at radius 3 is 2.82 bits per heavy atom. The summed E-state index contributed by atoms with van der Waals surface area (Å²) < 4.78 is 44.8. The number of aromatic nitrogens is 2. The van der Waals surface area contributed by atoms with Crippen LogP contribution in [0.5, 0.6) is 0 Å². The quantitative estimate of drug-likeness (QED) is 0.789. The van der Waals surface area contributed by atoms with Gasteiger partial charge in [-0.15, -0.1) is 5.10 Å². The molecule has 0 unspecified atom stereocenters. The van der Waals surface area contributed by atoms with Crippen molar-refractivity contribution in [3.63, 3.8) is 0 Å². The first-order valence-electron chi connectivity index (χ1n) is 6.11. The van der Waals surface area contributed by atoms with Crippen molar-refractivity contribution in [2.75, 3.05) is 4.72 Å². The number of hydrogen-bond donors (Lipinski definition) is 1. The summed E-state index contributed by atoms with van der Waals surface area (Å²) in [5, 5.41) is 10.5. The Hall–Kier alpha value is -2.26. The first kappa shape index (κ1) is 14.7. The van der Waals surface area contributed by atoms with Crippen LogP contribution in [0.2, 0.25) is 0 Å². The summed E-state index contributed by atoms with van der Waals surface area (Å²) in [5.74, 6) is -0.403. The van der Waals surface area contributed by atoms with Gasteiger partial charge in [0.15, 0.2) is 0 Å². The van der Waals surface area contributed by atoms with Crippen molar-refractivity contribution in [1.82, 2.24) is 10.2 Å². The second-order valence-corrected chi connectivity index (χ2v) is 6.90. The van der Waals surface area contributed by atoms with Gasteiger partial charge in [-0.25, -0.2) is 17.5 Å². The zero-order chi connectivity index (χ0) is 15.7. The van der Waals surface area contributed by atoms with Crippen LogP contribution < -0.4 is 4.72 Å². The molecule has 3 aromatic rings. The van der Waals surface area contributed by atoms with E-state index in [9.17, 15) is 12.8 Å². The summed E-state index contributed by atoms with van der Waals surface area (Å²) in [6.45, 7) is 1.76.